The average molecular weight is 281 g/mol. The quantitative estimate of drug-likeness (QED) is 0.891. The molecule has 0 amide bonds. The van der Waals surface area contributed by atoms with Crippen LogP contribution in [0.1, 0.15) is 5.56 Å². The van der Waals surface area contributed by atoms with E-state index in [1.54, 1.807) is 0 Å². The Kier molecular flexibility index (Phi) is 4.01. The molecule has 1 aromatic carbocycles. The van der Waals surface area contributed by atoms with E-state index in [9.17, 15) is 8.78 Å². The molecule has 3 aliphatic rings. The van der Waals surface area contributed by atoms with Gasteiger partial charge in [0.1, 0.15) is 11.6 Å². The topological polar surface area (TPSA) is 18.5 Å². The van der Waals surface area contributed by atoms with Gasteiger partial charge in [0.2, 0.25) is 0 Å². The molecule has 1 aromatic rings. The lowest BCUT2D eigenvalue weighted by Crippen LogP contribution is -2.66. The molecule has 3 aliphatic heterocycles. The van der Waals surface area contributed by atoms with Gasteiger partial charge in [0.05, 0.1) is 0 Å². The molecule has 3 nitrogen and oxygen atoms in total. The fourth-order valence-corrected chi connectivity index (χ4v) is 3.42. The van der Waals surface area contributed by atoms with E-state index in [4.69, 9.17) is 0 Å². The second-order valence-electron chi connectivity index (χ2n) is 5.70. The maximum atomic E-state index is 13.8. The van der Waals surface area contributed by atoms with E-state index < -0.39 is 11.6 Å². The van der Waals surface area contributed by atoms with Crippen LogP contribution >= 0.6 is 0 Å². The van der Waals surface area contributed by atoms with Gasteiger partial charge in [0.15, 0.2) is 0 Å². The minimum atomic E-state index is -0.443. The summed E-state index contributed by atoms with van der Waals surface area (Å²) < 4.78 is 27.6. The summed E-state index contributed by atoms with van der Waals surface area (Å²) in [6.45, 7) is 5.33. The van der Waals surface area contributed by atoms with E-state index in [0.717, 1.165) is 32.7 Å². The Bertz CT molecular complexity index is 452. The zero-order valence-corrected chi connectivity index (χ0v) is 11.8. The van der Waals surface area contributed by atoms with Crippen LogP contribution in [0.25, 0.3) is 0 Å². The van der Waals surface area contributed by atoms with Crippen LogP contribution in [0.4, 0.5) is 8.78 Å². The van der Waals surface area contributed by atoms with Crippen molar-refractivity contribution in [1.82, 2.24) is 15.1 Å². The molecule has 2 bridgehead atoms. The SMILES string of the molecule is CNC(Cc1c(F)cccc1F)C1CN2CCN1CC2. The maximum Gasteiger partial charge on any atom is 0.129 e. The minimum Gasteiger partial charge on any atom is -0.315 e. The van der Waals surface area contributed by atoms with Crippen LogP contribution in [0, 0.1) is 11.6 Å². The lowest BCUT2D eigenvalue weighted by atomic mass is 9.94. The monoisotopic (exact) mass is 281 g/mol. The van der Waals surface area contributed by atoms with Gasteiger partial charge in [0, 0.05) is 50.4 Å². The van der Waals surface area contributed by atoms with Crippen molar-refractivity contribution in [3.8, 4) is 0 Å². The van der Waals surface area contributed by atoms with Gasteiger partial charge in [-0.05, 0) is 25.6 Å². The molecule has 0 saturated carbocycles. The van der Waals surface area contributed by atoms with Gasteiger partial charge >= 0.3 is 0 Å². The summed E-state index contributed by atoms with van der Waals surface area (Å²) in [7, 11) is 1.88. The first-order chi connectivity index (χ1) is 9.69. The first kappa shape index (κ1) is 13.9. The highest BCUT2D eigenvalue weighted by Crippen LogP contribution is 2.22. The Morgan fingerprint density at radius 2 is 1.85 bits per heavy atom. The van der Waals surface area contributed by atoms with Gasteiger partial charge in [-0.15, -0.1) is 0 Å². The molecule has 20 heavy (non-hydrogen) atoms. The molecule has 3 saturated heterocycles. The Morgan fingerprint density at radius 3 is 2.35 bits per heavy atom. The Morgan fingerprint density at radius 1 is 1.20 bits per heavy atom. The highest BCUT2D eigenvalue weighted by molar-refractivity contribution is 5.21. The van der Waals surface area contributed by atoms with Crippen molar-refractivity contribution in [3.05, 3.63) is 35.4 Å². The van der Waals surface area contributed by atoms with Crippen LogP contribution in [0.15, 0.2) is 18.2 Å². The molecule has 1 N–H and O–H groups in total. The summed E-state index contributed by atoms with van der Waals surface area (Å²) in [5.41, 5.74) is 0.199. The molecule has 2 unspecified atom stereocenters. The third-order valence-corrected chi connectivity index (χ3v) is 4.64. The van der Waals surface area contributed by atoms with Crippen molar-refractivity contribution in [1.29, 1.82) is 0 Å². The lowest BCUT2D eigenvalue weighted by molar-refractivity contribution is -0.00223. The molecular formula is C15H21F2N3. The van der Waals surface area contributed by atoms with Crippen LogP contribution in [-0.4, -0.2) is 61.7 Å². The van der Waals surface area contributed by atoms with Gasteiger partial charge in [0.25, 0.3) is 0 Å². The normalized spacial score (nSPS) is 30.4. The van der Waals surface area contributed by atoms with Gasteiger partial charge in [-0.25, -0.2) is 8.78 Å². The maximum absolute atomic E-state index is 13.8. The van der Waals surface area contributed by atoms with Crippen molar-refractivity contribution < 1.29 is 8.78 Å². The molecule has 3 fully saturated rings. The van der Waals surface area contributed by atoms with E-state index in [2.05, 4.69) is 15.1 Å². The Balaban J connectivity index is 1.77. The lowest BCUT2D eigenvalue weighted by Gasteiger charge is -2.50. The first-order valence-electron chi connectivity index (χ1n) is 7.25. The summed E-state index contributed by atoms with van der Waals surface area (Å²) >= 11 is 0. The number of fused-ring (bicyclic) bond motifs is 3. The number of halogens is 2. The molecular weight excluding hydrogens is 260 g/mol. The summed E-state index contributed by atoms with van der Waals surface area (Å²) in [5, 5.41) is 3.26. The minimum absolute atomic E-state index is 0.0736. The van der Waals surface area contributed by atoms with E-state index in [0.29, 0.717) is 12.5 Å². The number of rotatable bonds is 4. The van der Waals surface area contributed by atoms with Gasteiger partial charge in [-0.2, -0.15) is 0 Å². The molecule has 5 heteroatoms. The van der Waals surface area contributed by atoms with E-state index in [1.807, 2.05) is 7.05 Å². The molecule has 3 heterocycles. The summed E-state index contributed by atoms with van der Waals surface area (Å²) in [6, 6.07) is 4.50. The zero-order valence-electron chi connectivity index (χ0n) is 11.8. The molecule has 0 radical (unpaired) electrons. The number of hydrogen-bond acceptors (Lipinski definition) is 3. The van der Waals surface area contributed by atoms with Gasteiger partial charge in [-0.3, -0.25) is 9.80 Å². The molecule has 0 spiro atoms. The van der Waals surface area contributed by atoms with Crippen molar-refractivity contribution in [2.75, 3.05) is 39.8 Å². The summed E-state index contributed by atoms with van der Waals surface area (Å²) in [5.74, 6) is -0.886. The van der Waals surface area contributed by atoms with Crippen LogP contribution in [0.3, 0.4) is 0 Å². The van der Waals surface area contributed by atoms with E-state index >= 15 is 0 Å². The Labute approximate surface area is 118 Å². The fraction of sp³-hybridized carbons (Fsp3) is 0.600. The van der Waals surface area contributed by atoms with Crippen LogP contribution < -0.4 is 5.32 Å². The zero-order chi connectivity index (χ0) is 14.1. The number of nitrogens with zero attached hydrogens (tertiary/aromatic N) is 2. The molecule has 0 aliphatic carbocycles. The number of nitrogens with one attached hydrogen (secondary N) is 1. The first-order valence-corrected chi connectivity index (χ1v) is 7.25. The van der Waals surface area contributed by atoms with Gasteiger partial charge in [-0.1, -0.05) is 6.07 Å². The van der Waals surface area contributed by atoms with E-state index in [-0.39, 0.29) is 11.6 Å². The average Bonchev–Trinajstić information content (AvgIpc) is 2.48. The summed E-state index contributed by atoms with van der Waals surface area (Å²) in [4.78, 5) is 4.88. The smallest absolute Gasteiger partial charge is 0.129 e. The second kappa shape index (κ2) is 5.76. The van der Waals surface area contributed by atoms with Crippen molar-refractivity contribution in [2.24, 2.45) is 0 Å². The molecule has 110 valence electrons. The highest BCUT2D eigenvalue weighted by Gasteiger charge is 2.36. The third kappa shape index (κ3) is 2.57. The number of hydrogen-bond donors (Lipinski definition) is 1. The summed E-state index contributed by atoms with van der Waals surface area (Å²) in [6.07, 6.45) is 0.393. The van der Waals surface area contributed by atoms with Crippen molar-refractivity contribution in [3.63, 3.8) is 0 Å². The van der Waals surface area contributed by atoms with Crippen molar-refractivity contribution in [2.45, 2.75) is 18.5 Å². The van der Waals surface area contributed by atoms with Crippen LogP contribution in [0.2, 0.25) is 0 Å². The van der Waals surface area contributed by atoms with Gasteiger partial charge < -0.3 is 5.32 Å². The predicted octanol–water partition coefficient (Wildman–Crippen LogP) is 1.10. The number of likely N-dealkylation sites (N-methyl/N-ethyl adjacent to an activating group) is 1. The van der Waals surface area contributed by atoms with E-state index in [1.165, 1.54) is 18.2 Å². The largest absolute Gasteiger partial charge is 0.315 e. The standard InChI is InChI=1S/C15H21F2N3/c1-18-14(9-11-12(16)3-2-4-13(11)17)15-10-19-5-7-20(15)8-6-19/h2-4,14-15,18H,5-10H2,1H3. The molecule has 4 rings (SSSR count). The number of piperazine rings is 3. The van der Waals surface area contributed by atoms with Crippen LogP contribution in [-0.2, 0) is 6.42 Å². The molecule has 0 aromatic heterocycles. The van der Waals surface area contributed by atoms with Crippen molar-refractivity contribution >= 4 is 0 Å². The number of benzene rings is 1. The predicted molar refractivity (Wildman–Crippen MR) is 74.7 cm³/mol. The third-order valence-electron chi connectivity index (χ3n) is 4.64. The Hall–Kier alpha value is -1.04. The molecule has 2 atom stereocenters. The second-order valence-corrected chi connectivity index (χ2v) is 5.70. The fourth-order valence-electron chi connectivity index (χ4n) is 3.42. The van der Waals surface area contributed by atoms with Crippen LogP contribution in [0.5, 0.6) is 0 Å². The highest BCUT2D eigenvalue weighted by atomic mass is 19.1.